The molecule has 0 spiro atoms. The van der Waals surface area contributed by atoms with E-state index in [0.717, 1.165) is 40.4 Å². The summed E-state index contributed by atoms with van der Waals surface area (Å²) < 4.78 is 1.13. The number of anilines is 1. The minimum atomic E-state index is 0.0300. The van der Waals surface area contributed by atoms with Gasteiger partial charge in [-0.05, 0) is 43.7 Å². The molecule has 2 atom stereocenters. The maximum Gasteiger partial charge on any atom is 0.256 e. The summed E-state index contributed by atoms with van der Waals surface area (Å²) in [5.41, 5.74) is 3.32. The molecule has 2 fully saturated rings. The zero-order chi connectivity index (χ0) is 21.8. The molecule has 2 saturated heterocycles. The number of halogens is 1. The fourth-order valence-electron chi connectivity index (χ4n) is 4.72. The quantitative estimate of drug-likeness (QED) is 0.454. The van der Waals surface area contributed by atoms with Crippen LogP contribution >= 0.6 is 22.9 Å². The van der Waals surface area contributed by atoms with Gasteiger partial charge in [0.15, 0.2) is 5.13 Å². The maximum atomic E-state index is 13.6. The van der Waals surface area contributed by atoms with Gasteiger partial charge in [-0.1, -0.05) is 34.6 Å². The Morgan fingerprint density at radius 1 is 1.12 bits per heavy atom. The van der Waals surface area contributed by atoms with Gasteiger partial charge >= 0.3 is 0 Å². The van der Waals surface area contributed by atoms with Gasteiger partial charge in [0, 0.05) is 30.6 Å². The number of hydrogen-bond acceptors (Lipinski definition) is 6. The third-order valence-corrected chi connectivity index (χ3v) is 7.75. The van der Waals surface area contributed by atoms with Gasteiger partial charge in [0.1, 0.15) is 0 Å². The van der Waals surface area contributed by atoms with Crippen molar-refractivity contribution in [3.05, 3.63) is 64.9 Å². The first-order valence-electron chi connectivity index (χ1n) is 10.7. The zero-order valence-electron chi connectivity index (χ0n) is 17.5. The SMILES string of the molecule is Cc1ccc(-n2nccn2)c(C(=O)N2CC[C@H]3CN(c4nc5cc(Cl)ccc5s4)[C@H]3C2)c1. The molecule has 2 aromatic carbocycles. The van der Waals surface area contributed by atoms with Gasteiger partial charge in [0.05, 0.1) is 39.9 Å². The van der Waals surface area contributed by atoms with E-state index in [0.29, 0.717) is 34.8 Å². The van der Waals surface area contributed by atoms with Crippen molar-refractivity contribution in [1.29, 1.82) is 0 Å². The number of aryl methyl sites for hydroxylation is 1. The van der Waals surface area contributed by atoms with Crippen LogP contribution in [0, 0.1) is 12.8 Å². The van der Waals surface area contributed by atoms with Crippen LogP contribution in [0.15, 0.2) is 48.8 Å². The summed E-state index contributed by atoms with van der Waals surface area (Å²) in [5, 5.41) is 10.2. The van der Waals surface area contributed by atoms with Crippen molar-refractivity contribution in [2.24, 2.45) is 5.92 Å². The number of aromatic nitrogens is 4. The van der Waals surface area contributed by atoms with Crippen molar-refractivity contribution >= 4 is 44.2 Å². The largest absolute Gasteiger partial charge is 0.343 e. The highest BCUT2D eigenvalue weighted by Gasteiger charge is 2.45. The predicted octanol–water partition coefficient (Wildman–Crippen LogP) is 4.19. The summed E-state index contributed by atoms with van der Waals surface area (Å²) in [7, 11) is 0. The summed E-state index contributed by atoms with van der Waals surface area (Å²) in [6.07, 6.45) is 4.25. The molecule has 4 heterocycles. The highest BCUT2D eigenvalue weighted by atomic mass is 35.5. The molecule has 0 radical (unpaired) electrons. The van der Waals surface area contributed by atoms with Gasteiger partial charge in [0.25, 0.3) is 5.91 Å². The number of piperidine rings is 1. The molecule has 6 rings (SSSR count). The smallest absolute Gasteiger partial charge is 0.256 e. The zero-order valence-corrected chi connectivity index (χ0v) is 19.1. The molecular formula is C23H21ClN6OS. The minimum Gasteiger partial charge on any atom is -0.343 e. The predicted molar refractivity (Wildman–Crippen MR) is 126 cm³/mol. The molecular weight excluding hydrogens is 444 g/mol. The molecule has 0 saturated carbocycles. The van der Waals surface area contributed by atoms with Crippen molar-refractivity contribution in [1.82, 2.24) is 24.9 Å². The topological polar surface area (TPSA) is 67.2 Å². The molecule has 2 aliphatic rings. The Bertz CT molecular complexity index is 1320. The second kappa shape index (κ2) is 7.56. The number of hydrogen-bond donors (Lipinski definition) is 0. The molecule has 0 bridgehead atoms. The van der Waals surface area contributed by atoms with Crippen molar-refractivity contribution in [2.45, 2.75) is 19.4 Å². The van der Waals surface area contributed by atoms with Crippen molar-refractivity contribution < 1.29 is 4.79 Å². The maximum absolute atomic E-state index is 13.6. The third-order valence-electron chi connectivity index (χ3n) is 6.44. The van der Waals surface area contributed by atoms with E-state index in [2.05, 4.69) is 15.1 Å². The molecule has 9 heteroatoms. The van der Waals surface area contributed by atoms with Gasteiger partial charge < -0.3 is 9.80 Å². The Morgan fingerprint density at radius 3 is 2.81 bits per heavy atom. The summed E-state index contributed by atoms with van der Waals surface area (Å²) in [5.74, 6) is 0.627. The molecule has 7 nitrogen and oxygen atoms in total. The van der Waals surface area contributed by atoms with E-state index in [9.17, 15) is 4.79 Å². The number of amides is 1. The van der Waals surface area contributed by atoms with E-state index >= 15 is 0 Å². The highest BCUT2D eigenvalue weighted by Crippen LogP contribution is 2.40. The minimum absolute atomic E-state index is 0.0300. The van der Waals surface area contributed by atoms with Gasteiger partial charge in [-0.2, -0.15) is 15.0 Å². The Labute approximate surface area is 194 Å². The number of likely N-dealkylation sites (tertiary alicyclic amines) is 1. The fourth-order valence-corrected chi connectivity index (χ4v) is 5.90. The summed E-state index contributed by atoms with van der Waals surface area (Å²) in [6, 6.07) is 12.0. The van der Waals surface area contributed by atoms with Crippen LogP contribution in [0.3, 0.4) is 0 Å². The van der Waals surface area contributed by atoms with Gasteiger partial charge in [-0.15, -0.1) is 0 Å². The van der Waals surface area contributed by atoms with Crippen molar-refractivity contribution in [3.63, 3.8) is 0 Å². The van der Waals surface area contributed by atoms with Gasteiger partial charge in [-0.25, -0.2) is 4.98 Å². The lowest BCUT2D eigenvalue weighted by Crippen LogP contribution is -2.65. The van der Waals surface area contributed by atoms with E-state index in [-0.39, 0.29) is 5.91 Å². The van der Waals surface area contributed by atoms with E-state index in [1.54, 1.807) is 23.7 Å². The van der Waals surface area contributed by atoms with Crippen LogP contribution in [0.4, 0.5) is 5.13 Å². The third kappa shape index (κ3) is 3.25. The van der Waals surface area contributed by atoms with Gasteiger partial charge in [0.2, 0.25) is 0 Å². The number of carbonyl (C=O) groups excluding carboxylic acids is 1. The molecule has 2 aromatic heterocycles. The Morgan fingerprint density at radius 2 is 1.97 bits per heavy atom. The monoisotopic (exact) mass is 464 g/mol. The van der Waals surface area contributed by atoms with E-state index in [1.165, 1.54) is 4.80 Å². The van der Waals surface area contributed by atoms with Crippen LogP contribution in [0.5, 0.6) is 0 Å². The van der Waals surface area contributed by atoms with Crippen molar-refractivity contribution in [2.75, 3.05) is 24.5 Å². The van der Waals surface area contributed by atoms with E-state index in [1.807, 2.05) is 48.2 Å². The number of rotatable bonds is 3. The fraction of sp³-hybridized carbons (Fsp3) is 0.304. The lowest BCUT2D eigenvalue weighted by Gasteiger charge is -2.53. The lowest BCUT2D eigenvalue weighted by atomic mass is 9.82. The van der Waals surface area contributed by atoms with Crippen LogP contribution in [0.25, 0.3) is 15.9 Å². The molecule has 4 aromatic rings. The Kier molecular flexibility index (Phi) is 4.66. The van der Waals surface area contributed by atoms with Gasteiger partial charge in [-0.3, -0.25) is 4.79 Å². The lowest BCUT2D eigenvalue weighted by molar-refractivity contribution is 0.0592. The molecule has 0 aliphatic carbocycles. The van der Waals surface area contributed by atoms with Crippen LogP contribution in [-0.2, 0) is 0 Å². The normalized spacial score (nSPS) is 20.3. The number of nitrogens with zero attached hydrogens (tertiary/aromatic N) is 6. The second-order valence-electron chi connectivity index (χ2n) is 8.47. The molecule has 162 valence electrons. The summed E-state index contributed by atoms with van der Waals surface area (Å²) in [4.78, 5) is 24.2. The first kappa shape index (κ1) is 19.7. The molecule has 0 unspecified atom stereocenters. The molecule has 0 N–H and O–H groups in total. The standard InChI is InChI=1S/C23H21ClN6OS/c1-14-2-4-19(30-25-7-8-26-30)17(10-14)22(31)28-9-6-15-12-29(20(15)13-28)23-27-18-11-16(24)3-5-21(18)32-23/h2-5,7-8,10-11,15,20H,6,9,12-13H2,1H3/t15-,20-/m0/s1. The second-order valence-corrected chi connectivity index (χ2v) is 9.91. The van der Waals surface area contributed by atoms with Crippen LogP contribution in [0.2, 0.25) is 5.02 Å². The molecule has 1 amide bonds. The average Bonchev–Trinajstić information content (AvgIpc) is 3.44. The molecule has 2 aliphatic heterocycles. The summed E-state index contributed by atoms with van der Waals surface area (Å²) in [6.45, 7) is 4.45. The van der Waals surface area contributed by atoms with Crippen molar-refractivity contribution in [3.8, 4) is 5.69 Å². The molecule has 32 heavy (non-hydrogen) atoms. The first-order valence-corrected chi connectivity index (χ1v) is 11.9. The highest BCUT2D eigenvalue weighted by molar-refractivity contribution is 7.22. The number of benzene rings is 2. The number of fused-ring (bicyclic) bond motifs is 2. The van der Waals surface area contributed by atoms with Crippen LogP contribution in [-0.4, -0.2) is 56.5 Å². The summed E-state index contributed by atoms with van der Waals surface area (Å²) >= 11 is 7.82. The van der Waals surface area contributed by atoms with Crippen LogP contribution in [0.1, 0.15) is 22.3 Å². The number of thiazole rings is 1. The van der Waals surface area contributed by atoms with E-state index in [4.69, 9.17) is 16.6 Å². The first-order chi connectivity index (χ1) is 15.6. The Hall–Kier alpha value is -2.97. The Balaban J connectivity index is 1.26. The average molecular weight is 465 g/mol. The number of carbonyl (C=O) groups is 1. The van der Waals surface area contributed by atoms with Crippen LogP contribution < -0.4 is 4.90 Å². The van der Waals surface area contributed by atoms with E-state index < -0.39 is 0 Å².